The molecule has 1 aliphatic heterocycles. The van der Waals surface area contributed by atoms with E-state index in [1.807, 2.05) is 6.07 Å². The predicted octanol–water partition coefficient (Wildman–Crippen LogP) is 2.83. The minimum Gasteiger partial charge on any atom is -0.496 e. The summed E-state index contributed by atoms with van der Waals surface area (Å²) >= 11 is 5.92. The summed E-state index contributed by atoms with van der Waals surface area (Å²) in [4.78, 5) is 19.0. The normalized spacial score (nSPS) is 13.8. The summed E-state index contributed by atoms with van der Waals surface area (Å²) in [6.07, 6.45) is 1.78. The lowest BCUT2D eigenvalue weighted by Crippen LogP contribution is -2.43. The Balaban J connectivity index is 0.00000225. The average molecular weight is 383 g/mol. The van der Waals surface area contributed by atoms with Gasteiger partial charge in [-0.3, -0.25) is 4.79 Å². The number of carbonyl (C=O) groups is 1. The maximum atomic E-state index is 12.4. The van der Waals surface area contributed by atoms with E-state index in [9.17, 15) is 4.79 Å². The summed E-state index contributed by atoms with van der Waals surface area (Å²) in [5.41, 5.74) is 1.47. The number of ether oxygens (including phenoxy) is 1. The predicted molar refractivity (Wildman–Crippen MR) is 103 cm³/mol. The summed E-state index contributed by atoms with van der Waals surface area (Å²) in [6, 6.07) is 8.66. The molecule has 1 aromatic carbocycles. The number of hydrogen-bond donors (Lipinski definition) is 2. The lowest BCUT2D eigenvalue weighted by molar-refractivity contribution is 0.102. The molecule has 1 aromatic heterocycles. The van der Waals surface area contributed by atoms with E-state index >= 15 is 0 Å². The van der Waals surface area contributed by atoms with Gasteiger partial charge in [0.2, 0.25) is 0 Å². The molecule has 1 aliphatic rings. The number of anilines is 2. The summed E-state index contributed by atoms with van der Waals surface area (Å²) in [5, 5.41) is 6.61. The smallest absolute Gasteiger partial charge is 0.260 e. The highest BCUT2D eigenvalue weighted by Crippen LogP contribution is 2.24. The number of amides is 1. The SMILES string of the molecule is COc1cc(Cl)ccc1C(=O)Nc1ccc(N2CCNCC2)cn1.Cl. The van der Waals surface area contributed by atoms with Gasteiger partial charge in [-0.1, -0.05) is 11.6 Å². The fraction of sp³-hybridized carbons (Fsp3) is 0.294. The number of hydrogen-bond acceptors (Lipinski definition) is 5. The molecule has 2 heterocycles. The van der Waals surface area contributed by atoms with E-state index < -0.39 is 0 Å². The van der Waals surface area contributed by atoms with Crippen molar-refractivity contribution in [1.29, 1.82) is 0 Å². The van der Waals surface area contributed by atoms with Crippen LogP contribution in [0.3, 0.4) is 0 Å². The van der Waals surface area contributed by atoms with Crippen molar-refractivity contribution in [3.63, 3.8) is 0 Å². The third kappa shape index (κ3) is 4.75. The molecule has 6 nitrogen and oxygen atoms in total. The molecule has 8 heteroatoms. The molecule has 1 saturated heterocycles. The second kappa shape index (κ2) is 8.89. The van der Waals surface area contributed by atoms with Gasteiger partial charge in [0.05, 0.1) is 24.6 Å². The highest BCUT2D eigenvalue weighted by atomic mass is 35.5. The van der Waals surface area contributed by atoms with E-state index in [1.165, 1.54) is 7.11 Å². The molecule has 0 bridgehead atoms. The Morgan fingerprint density at radius 2 is 2.04 bits per heavy atom. The Kier molecular flexibility index (Phi) is 6.87. The van der Waals surface area contributed by atoms with Gasteiger partial charge >= 0.3 is 0 Å². The van der Waals surface area contributed by atoms with Crippen LogP contribution in [-0.4, -0.2) is 44.2 Å². The lowest BCUT2D eigenvalue weighted by Gasteiger charge is -2.29. The topological polar surface area (TPSA) is 66.5 Å². The van der Waals surface area contributed by atoms with Gasteiger partial charge in [0.25, 0.3) is 5.91 Å². The molecule has 0 unspecified atom stereocenters. The van der Waals surface area contributed by atoms with Crippen LogP contribution in [0.5, 0.6) is 5.75 Å². The highest BCUT2D eigenvalue weighted by Gasteiger charge is 2.14. The largest absolute Gasteiger partial charge is 0.496 e. The van der Waals surface area contributed by atoms with Crippen LogP contribution < -0.4 is 20.3 Å². The molecular weight excluding hydrogens is 363 g/mol. The second-order valence-corrected chi connectivity index (χ2v) is 5.87. The molecule has 25 heavy (non-hydrogen) atoms. The summed E-state index contributed by atoms with van der Waals surface area (Å²) < 4.78 is 5.21. The molecular formula is C17H20Cl2N4O2. The van der Waals surface area contributed by atoms with Crippen molar-refractivity contribution >= 4 is 41.4 Å². The van der Waals surface area contributed by atoms with Crippen molar-refractivity contribution in [3.05, 3.63) is 47.1 Å². The number of nitrogens with zero attached hydrogens (tertiary/aromatic N) is 2. The fourth-order valence-corrected chi connectivity index (χ4v) is 2.77. The number of benzene rings is 1. The molecule has 134 valence electrons. The second-order valence-electron chi connectivity index (χ2n) is 5.44. The Bertz CT molecular complexity index is 719. The maximum absolute atomic E-state index is 12.4. The summed E-state index contributed by atoms with van der Waals surface area (Å²) in [7, 11) is 1.50. The van der Waals surface area contributed by atoms with Gasteiger partial charge in [-0.2, -0.15) is 0 Å². The molecule has 0 spiro atoms. The first kappa shape index (κ1) is 19.3. The van der Waals surface area contributed by atoms with Gasteiger partial charge in [0.15, 0.2) is 0 Å². The number of halogens is 2. The van der Waals surface area contributed by atoms with E-state index in [2.05, 4.69) is 20.5 Å². The maximum Gasteiger partial charge on any atom is 0.260 e. The first-order valence-electron chi connectivity index (χ1n) is 7.74. The van der Waals surface area contributed by atoms with Crippen LogP contribution in [0.2, 0.25) is 5.02 Å². The molecule has 0 radical (unpaired) electrons. The van der Waals surface area contributed by atoms with Gasteiger partial charge < -0.3 is 20.3 Å². The Hall–Kier alpha value is -2.02. The van der Waals surface area contributed by atoms with Crippen LogP contribution in [0.4, 0.5) is 11.5 Å². The third-order valence-electron chi connectivity index (χ3n) is 3.88. The van der Waals surface area contributed by atoms with Crippen molar-refractivity contribution in [1.82, 2.24) is 10.3 Å². The Morgan fingerprint density at radius 3 is 2.68 bits per heavy atom. The molecule has 2 N–H and O–H groups in total. The van der Waals surface area contributed by atoms with Gasteiger partial charge in [-0.25, -0.2) is 4.98 Å². The number of methoxy groups -OCH3 is 1. The number of pyridine rings is 1. The molecule has 3 rings (SSSR count). The Labute approximate surface area is 157 Å². The van der Waals surface area contributed by atoms with E-state index in [0.717, 1.165) is 31.9 Å². The third-order valence-corrected chi connectivity index (χ3v) is 4.11. The zero-order valence-electron chi connectivity index (χ0n) is 13.8. The van der Waals surface area contributed by atoms with E-state index in [0.29, 0.717) is 22.2 Å². The Morgan fingerprint density at radius 1 is 1.28 bits per heavy atom. The van der Waals surface area contributed by atoms with Crippen LogP contribution in [0, 0.1) is 0 Å². The summed E-state index contributed by atoms with van der Waals surface area (Å²) in [5.74, 6) is 0.638. The number of nitrogens with one attached hydrogen (secondary N) is 2. The first-order chi connectivity index (χ1) is 11.7. The minimum absolute atomic E-state index is 0. The first-order valence-corrected chi connectivity index (χ1v) is 8.12. The molecule has 2 aromatic rings. The number of piperazine rings is 1. The van der Waals surface area contributed by atoms with Crippen molar-refractivity contribution in [2.45, 2.75) is 0 Å². The molecule has 0 aliphatic carbocycles. The van der Waals surface area contributed by atoms with Crippen LogP contribution in [-0.2, 0) is 0 Å². The molecule has 0 atom stereocenters. The van der Waals surface area contributed by atoms with Crippen molar-refractivity contribution in [2.75, 3.05) is 43.5 Å². The van der Waals surface area contributed by atoms with Crippen molar-refractivity contribution in [2.24, 2.45) is 0 Å². The summed E-state index contributed by atoms with van der Waals surface area (Å²) in [6.45, 7) is 3.84. The number of aromatic nitrogens is 1. The minimum atomic E-state index is -0.286. The monoisotopic (exact) mass is 382 g/mol. The number of carbonyl (C=O) groups excluding carboxylic acids is 1. The zero-order chi connectivity index (χ0) is 16.9. The van der Waals surface area contributed by atoms with Crippen LogP contribution in [0.25, 0.3) is 0 Å². The van der Waals surface area contributed by atoms with Gasteiger partial charge in [0.1, 0.15) is 11.6 Å². The van der Waals surface area contributed by atoms with Crippen molar-refractivity contribution in [3.8, 4) is 5.75 Å². The average Bonchev–Trinajstić information content (AvgIpc) is 2.63. The van der Waals surface area contributed by atoms with Crippen LogP contribution >= 0.6 is 24.0 Å². The highest BCUT2D eigenvalue weighted by molar-refractivity contribution is 6.31. The van der Waals surface area contributed by atoms with E-state index in [1.54, 1.807) is 30.5 Å². The molecule has 0 saturated carbocycles. The van der Waals surface area contributed by atoms with E-state index in [-0.39, 0.29) is 18.3 Å². The van der Waals surface area contributed by atoms with Gasteiger partial charge in [-0.05, 0) is 30.3 Å². The van der Waals surface area contributed by atoms with Crippen LogP contribution in [0.1, 0.15) is 10.4 Å². The quantitative estimate of drug-likeness (QED) is 0.850. The fourth-order valence-electron chi connectivity index (χ4n) is 2.61. The molecule has 1 amide bonds. The van der Waals surface area contributed by atoms with E-state index in [4.69, 9.17) is 16.3 Å². The van der Waals surface area contributed by atoms with Crippen LogP contribution in [0.15, 0.2) is 36.5 Å². The van der Waals surface area contributed by atoms with Gasteiger partial charge in [-0.15, -0.1) is 12.4 Å². The van der Waals surface area contributed by atoms with Gasteiger partial charge in [0, 0.05) is 31.2 Å². The lowest BCUT2D eigenvalue weighted by atomic mass is 10.2. The van der Waals surface area contributed by atoms with Crippen molar-refractivity contribution < 1.29 is 9.53 Å². The number of rotatable bonds is 4. The zero-order valence-corrected chi connectivity index (χ0v) is 15.4. The standard InChI is InChI=1S/C17H19ClN4O2.ClH/c1-24-15-10-12(18)2-4-14(15)17(23)21-16-5-3-13(11-20-16)22-8-6-19-7-9-22;/h2-5,10-11,19H,6-9H2,1H3,(H,20,21,23);1H. The molecule has 1 fully saturated rings.